The highest BCUT2D eigenvalue weighted by molar-refractivity contribution is 5.40. The molecule has 0 aromatic heterocycles. The lowest BCUT2D eigenvalue weighted by molar-refractivity contribution is -0.182. The second-order valence-corrected chi connectivity index (χ2v) is 3.65. The van der Waals surface area contributed by atoms with Crippen molar-refractivity contribution in [2.75, 3.05) is 0 Å². The molecule has 15 heavy (non-hydrogen) atoms. The molecule has 5 heteroatoms. The van der Waals surface area contributed by atoms with E-state index in [0.717, 1.165) is 12.1 Å². The van der Waals surface area contributed by atoms with E-state index in [4.69, 9.17) is 0 Å². The smallest absolute Gasteiger partial charge is 0.205 e. The van der Waals surface area contributed by atoms with Gasteiger partial charge in [0.1, 0.15) is 0 Å². The summed E-state index contributed by atoms with van der Waals surface area (Å²) in [5.41, 5.74) is -3.32. The number of hydrogen-bond acceptors (Lipinski definition) is 0. The minimum atomic E-state index is -4.90. The molecule has 0 aliphatic heterocycles. The van der Waals surface area contributed by atoms with Gasteiger partial charge in [0, 0.05) is 6.42 Å². The molecule has 1 atom stereocenters. The highest BCUT2D eigenvalue weighted by Crippen LogP contribution is 2.68. The molecule has 0 amide bonds. The van der Waals surface area contributed by atoms with Gasteiger partial charge in [-0.2, -0.15) is 13.2 Å². The summed E-state index contributed by atoms with van der Waals surface area (Å²) in [5.74, 6) is -3.67. The lowest BCUT2D eigenvalue weighted by Gasteiger charge is -2.20. The maximum atomic E-state index is 12.9. The van der Waals surface area contributed by atoms with E-state index in [-0.39, 0.29) is 5.56 Å². The maximum absolute atomic E-state index is 12.9. The molecule has 0 heterocycles. The second kappa shape index (κ2) is 2.71. The van der Waals surface area contributed by atoms with Crippen LogP contribution in [0.25, 0.3) is 0 Å². The summed E-state index contributed by atoms with van der Waals surface area (Å²) < 4.78 is 63.6. The van der Waals surface area contributed by atoms with E-state index in [1.165, 1.54) is 18.2 Å². The summed E-state index contributed by atoms with van der Waals surface area (Å²) in [5, 5.41) is 0. The Balaban J connectivity index is 2.49. The summed E-state index contributed by atoms with van der Waals surface area (Å²) in [6, 6.07) is 6.34. The first-order chi connectivity index (χ1) is 6.81. The molecule has 82 valence electrons. The molecule has 0 spiro atoms. The highest BCUT2D eigenvalue weighted by Gasteiger charge is 2.84. The Kier molecular flexibility index (Phi) is 1.88. The Morgan fingerprint density at radius 2 is 1.47 bits per heavy atom. The normalized spacial score (nSPS) is 28.9. The molecule has 1 saturated carbocycles. The molecule has 0 saturated heterocycles. The van der Waals surface area contributed by atoms with Gasteiger partial charge >= 0.3 is 6.18 Å². The van der Waals surface area contributed by atoms with Gasteiger partial charge in [0.05, 0.1) is 0 Å². The van der Waals surface area contributed by atoms with Gasteiger partial charge in [-0.25, -0.2) is 8.78 Å². The topological polar surface area (TPSA) is 0 Å². The Labute approximate surface area is 82.7 Å². The van der Waals surface area contributed by atoms with Crippen LogP contribution < -0.4 is 0 Å². The fourth-order valence-corrected chi connectivity index (χ4v) is 1.80. The van der Waals surface area contributed by atoms with Crippen LogP contribution in [0.5, 0.6) is 0 Å². The fraction of sp³-hybridized carbons (Fsp3) is 0.400. The first kappa shape index (κ1) is 10.4. The van der Waals surface area contributed by atoms with Gasteiger partial charge in [0.2, 0.25) is 0 Å². The Hall–Kier alpha value is -1.13. The number of alkyl halides is 5. The zero-order chi connectivity index (χ0) is 11.3. The van der Waals surface area contributed by atoms with Gasteiger partial charge in [-0.15, -0.1) is 0 Å². The molecule has 0 nitrogen and oxygen atoms in total. The van der Waals surface area contributed by atoms with E-state index in [2.05, 4.69) is 0 Å². The molecule has 1 fully saturated rings. The van der Waals surface area contributed by atoms with Crippen LogP contribution in [0, 0.1) is 0 Å². The third-order valence-corrected chi connectivity index (χ3v) is 2.74. The summed E-state index contributed by atoms with van der Waals surface area (Å²) in [4.78, 5) is 0. The number of halogens is 5. The van der Waals surface area contributed by atoms with Crippen LogP contribution in [-0.4, -0.2) is 12.1 Å². The van der Waals surface area contributed by atoms with Crippen LogP contribution >= 0.6 is 0 Å². The number of hydrogen-bond donors (Lipinski definition) is 0. The summed E-state index contributed by atoms with van der Waals surface area (Å²) in [6.07, 6.45) is -6.05. The van der Waals surface area contributed by atoms with Gasteiger partial charge in [-0.3, -0.25) is 0 Å². The molecular weight excluding hydrogens is 215 g/mol. The summed E-state index contributed by atoms with van der Waals surface area (Å²) in [6.45, 7) is 0. The van der Waals surface area contributed by atoms with Crippen molar-refractivity contribution in [3.63, 3.8) is 0 Å². The van der Waals surface area contributed by atoms with Crippen molar-refractivity contribution in [2.45, 2.75) is 23.9 Å². The van der Waals surface area contributed by atoms with Crippen LogP contribution in [0.1, 0.15) is 12.0 Å². The van der Waals surface area contributed by atoms with Gasteiger partial charge < -0.3 is 0 Å². The van der Waals surface area contributed by atoms with Crippen molar-refractivity contribution in [3.05, 3.63) is 35.9 Å². The van der Waals surface area contributed by atoms with Gasteiger partial charge in [-0.1, -0.05) is 30.3 Å². The summed E-state index contributed by atoms with van der Waals surface area (Å²) >= 11 is 0. The zero-order valence-corrected chi connectivity index (χ0v) is 7.48. The van der Waals surface area contributed by atoms with E-state index >= 15 is 0 Å². The van der Waals surface area contributed by atoms with Gasteiger partial charge in [0.25, 0.3) is 5.92 Å². The molecule has 0 N–H and O–H groups in total. The van der Waals surface area contributed by atoms with Gasteiger partial charge in [-0.05, 0) is 5.56 Å². The van der Waals surface area contributed by atoms with Crippen LogP contribution in [0.15, 0.2) is 30.3 Å². The van der Waals surface area contributed by atoms with Gasteiger partial charge in [0.15, 0.2) is 5.41 Å². The third kappa shape index (κ3) is 1.25. The van der Waals surface area contributed by atoms with Crippen LogP contribution in [0.4, 0.5) is 22.0 Å². The molecule has 1 aliphatic carbocycles. The monoisotopic (exact) mass is 222 g/mol. The zero-order valence-electron chi connectivity index (χ0n) is 7.48. The Morgan fingerprint density at radius 1 is 1.00 bits per heavy atom. The average molecular weight is 222 g/mol. The molecule has 2 rings (SSSR count). The molecule has 1 aromatic rings. The van der Waals surface area contributed by atoms with Crippen LogP contribution in [0.2, 0.25) is 0 Å². The highest BCUT2D eigenvalue weighted by atomic mass is 19.4. The van der Waals surface area contributed by atoms with Crippen molar-refractivity contribution in [2.24, 2.45) is 0 Å². The molecule has 0 bridgehead atoms. The fourth-order valence-electron chi connectivity index (χ4n) is 1.80. The predicted octanol–water partition coefficient (Wildman–Crippen LogP) is 3.53. The quantitative estimate of drug-likeness (QED) is 0.637. The van der Waals surface area contributed by atoms with E-state index in [1.54, 1.807) is 0 Å². The Morgan fingerprint density at radius 3 is 1.80 bits per heavy atom. The lowest BCUT2D eigenvalue weighted by atomic mass is 9.95. The van der Waals surface area contributed by atoms with E-state index in [0.29, 0.717) is 0 Å². The standard InChI is InChI=1S/C10H7F5/c11-9(12)6-8(9,10(13,14)15)7-4-2-1-3-5-7/h1-5H,6H2. The van der Waals surface area contributed by atoms with E-state index in [9.17, 15) is 22.0 Å². The first-order valence-corrected chi connectivity index (χ1v) is 4.31. The average Bonchev–Trinajstić information content (AvgIpc) is 2.72. The van der Waals surface area contributed by atoms with Crippen molar-refractivity contribution in [3.8, 4) is 0 Å². The van der Waals surface area contributed by atoms with Crippen LogP contribution in [-0.2, 0) is 5.41 Å². The predicted molar refractivity (Wildman–Crippen MR) is 43.7 cm³/mol. The molecular formula is C10H7F5. The third-order valence-electron chi connectivity index (χ3n) is 2.74. The maximum Gasteiger partial charge on any atom is 0.404 e. The molecule has 1 aromatic carbocycles. The van der Waals surface area contributed by atoms with Crippen molar-refractivity contribution in [1.29, 1.82) is 0 Å². The van der Waals surface area contributed by atoms with Crippen molar-refractivity contribution >= 4 is 0 Å². The van der Waals surface area contributed by atoms with Crippen molar-refractivity contribution in [1.82, 2.24) is 0 Å². The van der Waals surface area contributed by atoms with Crippen molar-refractivity contribution < 1.29 is 22.0 Å². The number of benzene rings is 1. The lowest BCUT2D eigenvalue weighted by Crippen LogP contribution is -2.34. The SMILES string of the molecule is FC(F)(F)C1(c2ccccc2)CC1(F)F. The van der Waals surface area contributed by atoms with E-state index < -0.39 is 23.9 Å². The minimum Gasteiger partial charge on any atom is -0.205 e. The number of rotatable bonds is 1. The van der Waals surface area contributed by atoms with E-state index in [1.807, 2.05) is 0 Å². The molecule has 1 unspecified atom stereocenters. The Bertz CT molecular complexity index is 367. The molecule has 0 radical (unpaired) electrons. The molecule has 1 aliphatic rings. The summed E-state index contributed by atoms with van der Waals surface area (Å²) in [7, 11) is 0. The largest absolute Gasteiger partial charge is 0.404 e. The second-order valence-electron chi connectivity index (χ2n) is 3.65. The minimum absolute atomic E-state index is 0.359. The first-order valence-electron chi connectivity index (χ1n) is 4.31. The van der Waals surface area contributed by atoms with Crippen LogP contribution in [0.3, 0.4) is 0 Å².